The first-order chi connectivity index (χ1) is 12.7. The van der Waals surface area contributed by atoms with Crippen LogP contribution in [0.15, 0.2) is 59.3 Å². The molecule has 3 aromatic rings. The third kappa shape index (κ3) is 4.18. The molecule has 0 fully saturated rings. The van der Waals surface area contributed by atoms with Crippen molar-refractivity contribution in [3.63, 3.8) is 0 Å². The highest BCUT2D eigenvalue weighted by Crippen LogP contribution is 2.25. The van der Waals surface area contributed by atoms with Crippen LogP contribution in [0.25, 0.3) is 11.5 Å². The van der Waals surface area contributed by atoms with Crippen molar-refractivity contribution in [3.05, 3.63) is 54.9 Å². The third-order valence-corrected chi connectivity index (χ3v) is 3.59. The lowest BCUT2D eigenvalue weighted by Crippen LogP contribution is -2.30. The number of rotatable bonds is 7. The Balaban J connectivity index is 1.62. The van der Waals surface area contributed by atoms with Gasteiger partial charge in [0, 0.05) is 5.56 Å². The number of ether oxygens (including phenoxy) is 2. The van der Waals surface area contributed by atoms with Crippen LogP contribution in [-0.4, -0.2) is 28.8 Å². The van der Waals surface area contributed by atoms with Crippen molar-refractivity contribution < 1.29 is 18.7 Å². The number of hydrogen-bond acceptors (Lipinski definition) is 6. The van der Waals surface area contributed by atoms with Crippen LogP contribution in [-0.2, 0) is 4.79 Å². The lowest BCUT2D eigenvalue weighted by atomic mass is 10.2. The molecule has 0 aliphatic carbocycles. The maximum atomic E-state index is 12.4. The smallest absolute Gasteiger partial charge is 0.265 e. The Morgan fingerprint density at radius 2 is 1.96 bits per heavy atom. The number of amides is 1. The van der Waals surface area contributed by atoms with E-state index in [1.54, 1.807) is 43.3 Å². The van der Waals surface area contributed by atoms with Crippen molar-refractivity contribution >= 4 is 11.6 Å². The lowest BCUT2D eigenvalue weighted by Gasteiger charge is -2.16. The standard InChI is InChI=1S/C19H19N3O4/c1-3-24-17-7-5-4-6-16(17)21-18(23)13(2)26-15-10-8-14(9-11-15)19-22-20-12-25-19/h4-13H,3H2,1-2H3,(H,21,23). The quantitative estimate of drug-likeness (QED) is 0.699. The van der Waals surface area contributed by atoms with Crippen LogP contribution in [0.4, 0.5) is 5.69 Å². The van der Waals surface area contributed by atoms with Crippen molar-refractivity contribution in [2.24, 2.45) is 0 Å². The second-order valence-electron chi connectivity index (χ2n) is 5.45. The van der Waals surface area contributed by atoms with Crippen LogP contribution in [0.3, 0.4) is 0 Å². The summed E-state index contributed by atoms with van der Waals surface area (Å²) in [4.78, 5) is 12.4. The number of anilines is 1. The van der Waals surface area contributed by atoms with Crippen LogP contribution in [0.5, 0.6) is 11.5 Å². The van der Waals surface area contributed by atoms with Crippen molar-refractivity contribution in [3.8, 4) is 23.0 Å². The fourth-order valence-corrected chi connectivity index (χ4v) is 2.32. The molecule has 2 aromatic carbocycles. The average Bonchev–Trinajstić information content (AvgIpc) is 3.19. The molecule has 0 aliphatic rings. The molecule has 0 aliphatic heterocycles. The zero-order valence-electron chi connectivity index (χ0n) is 14.5. The Labute approximate surface area is 151 Å². The first-order valence-corrected chi connectivity index (χ1v) is 8.23. The van der Waals surface area contributed by atoms with E-state index in [1.807, 2.05) is 19.1 Å². The minimum atomic E-state index is -0.682. The molecule has 7 heteroatoms. The molecule has 3 rings (SSSR count). The van der Waals surface area contributed by atoms with Gasteiger partial charge < -0.3 is 19.2 Å². The monoisotopic (exact) mass is 353 g/mol. The van der Waals surface area contributed by atoms with Gasteiger partial charge in [-0.3, -0.25) is 4.79 Å². The van der Waals surface area contributed by atoms with E-state index in [0.29, 0.717) is 29.7 Å². The highest BCUT2D eigenvalue weighted by atomic mass is 16.5. The molecular weight excluding hydrogens is 334 g/mol. The summed E-state index contributed by atoms with van der Waals surface area (Å²) in [6.45, 7) is 4.10. The summed E-state index contributed by atoms with van der Waals surface area (Å²) >= 11 is 0. The van der Waals surface area contributed by atoms with E-state index in [4.69, 9.17) is 13.9 Å². The zero-order valence-corrected chi connectivity index (χ0v) is 14.5. The number of carbonyl (C=O) groups excluding carboxylic acids is 1. The maximum absolute atomic E-state index is 12.4. The number of carbonyl (C=O) groups is 1. The van der Waals surface area contributed by atoms with E-state index in [1.165, 1.54) is 6.39 Å². The van der Waals surface area contributed by atoms with Gasteiger partial charge in [-0.25, -0.2) is 0 Å². The molecule has 134 valence electrons. The van der Waals surface area contributed by atoms with E-state index in [9.17, 15) is 4.79 Å². The van der Waals surface area contributed by atoms with Gasteiger partial charge in [0.15, 0.2) is 6.10 Å². The van der Waals surface area contributed by atoms with Crippen molar-refractivity contribution in [1.82, 2.24) is 10.2 Å². The van der Waals surface area contributed by atoms with Crippen LogP contribution >= 0.6 is 0 Å². The van der Waals surface area contributed by atoms with Gasteiger partial charge in [0.25, 0.3) is 5.91 Å². The number of nitrogens with one attached hydrogen (secondary N) is 1. The van der Waals surface area contributed by atoms with E-state index >= 15 is 0 Å². The van der Waals surface area contributed by atoms with Crippen molar-refractivity contribution in [1.29, 1.82) is 0 Å². The number of nitrogens with zero attached hydrogens (tertiary/aromatic N) is 2. The van der Waals surface area contributed by atoms with E-state index < -0.39 is 6.10 Å². The van der Waals surface area contributed by atoms with Crippen molar-refractivity contribution in [2.45, 2.75) is 20.0 Å². The Morgan fingerprint density at radius 1 is 1.19 bits per heavy atom. The molecular formula is C19H19N3O4. The topological polar surface area (TPSA) is 86.5 Å². The molecule has 1 N–H and O–H groups in total. The van der Waals surface area contributed by atoms with Gasteiger partial charge in [0.1, 0.15) is 11.5 Å². The summed E-state index contributed by atoms with van der Waals surface area (Å²) in [7, 11) is 0. The van der Waals surface area contributed by atoms with Gasteiger partial charge in [-0.15, -0.1) is 10.2 Å². The fraction of sp³-hybridized carbons (Fsp3) is 0.211. The predicted octanol–water partition coefficient (Wildman–Crippen LogP) is 3.54. The fourth-order valence-electron chi connectivity index (χ4n) is 2.32. The van der Waals surface area contributed by atoms with Gasteiger partial charge in [-0.1, -0.05) is 12.1 Å². The summed E-state index contributed by atoms with van der Waals surface area (Å²) in [5.74, 6) is 1.35. The molecule has 1 heterocycles. The van der Waals surface area contributed by atoms with Crippen LogP contribution < -0.4 is 14.8 Å². The maximum Gasteiger partial charge on any atom is 0.265 e. The Bertz CT molecular complexity index is 847. The molecule has 0 spiro atoms. The van der Waals surface area contributed by atoms with E-state index in [-0.39, 0.29) is 5.91 Å². The van der Waals surface area contributed by atoms with Crippen LogP contribution in [0.2, 0.25) is 0 Å². The number of benzene rings is 2. The summed E-state index contributed by atoms with van der Waals surface area (Å²) in [6, 6.07) is 14.4. The molecule has 0 saturated heterocycles. The van der Waals surface area contributed by atoms with Gasteiger partial charge in [-0.2, -0.15) is 0 Å². The van der Waals surface area contributed by atoms with E-state index in [0.717, 1.165) is 5.56 Å². The number of para-hydroxylation sites is 2. The molecule has 0 bridgehead atoms. The van der Waals surface area contributed by atoms with Crippen LogP contribution in [0, 0.1) is 0 Å². The summed E-state index contributed by atoms with van der Waals surface area (Å²) in [6.07, 6.45) is 0.589. The van der Waals surface area contributed by atoms with Gasteiger partial charge in [0.05, 0.1) is 12.3 Å². The molecule has 0 radical (unpaired) electrons. The van der Waals surface area contributed by atoms with Crippen molar-refractivity contribution in [2.75, 3.05) is 11.9 Å². The molecule has 26 heavy (non-hydrogen) atoms. The predicted molar refractivity (Wildman–Crippen MR) is 96.1 cm³/mol. The summed E-state index contributed by atoms with van der Waals surface area (Å²) in [5.41, 5.74) is 1.39. The molecule has 1 aromatic heterocycles. The Kier molecular flexibility index (Phi) is 5.48. The Hall–Kier alpha value is -3.35. The SMILES string of the molecule is CCOc1ccccc1NC(=O)C(C)Oc1ccc(-c2nnco2)cc1. The van der Waals surface area contributed by atoms with Gasteiger partial charge in [0.2, 0.25) is 12.3 Å². The highest BCUT2D eigenvalue weighted by molar-refractivity contribution is 5.95. The van der Waals surface area contributed by atoms with E-state index in [2.05, 4.69) is 15.5 Å². The Morgan fingerprint density at radius 3 is 2.65 bits per heavy atom. The highest BCUT2D eigenvalue weighted by Gasteiger charge is 2.17. The minimum absolute atomic E-state index is 0.266. The largest absolute Gasteiger partial charge is 0.492 e. The minimum Gasteiger partial charge on any atom is -0.492 e. The molecule has 1 atom stereocenters. The first kappa shape index (κ1) is 17.5. The summed E-state index contributed by atoms with van der Waals surface area (Å²) < 4.78 is 16.3. The average molecular weight is 353 g/mol. The third-order valence-electron chi connectivity index (χ3n) is 3.59. The normalized spacial score (nSPS) is 11.6. The summed E-state index contributed by atoms with van der Waals surface area (Å²) in [5, 5.41) is 10.3. The first-order valence-electron chi connectivity index (χ1n) is 8.23. The zero-order chi connectivity index (χ0) is 18.4. The second kappa shape index (κ2) is 8.15. The lowest BCUT2D eigenvalue weighted by molar-refractivity contribution is -0.122. The van der Waals surface area contributed by atoms with Gasteiger partial charge in [-0.05, 0) is 50.2 Å². The molecule has 7 nitrogen and oxygen atoms in total. The molecule has 1 unspecified atom stereocenters. The molecule has 0 saturated carbocycles. The second-order valence-corrected chi connectivity index (χ2v) is 5.45. The van der Waals surface area contributed by atoms with Crippen LogP contribution in [0.1, 0.15) is 13.8 Å². The number of hydrogen-bond donors (Lipinski definition) is 1. The molecule has 1 amide bonds. The number of aromatic nitrogens is 2. The van der Waals surface area contributed by atoms with Gasteiger partial charge >= 0.3 is 0 Å².